The minimum Gasteiger partial charge on any atom is -0.380 e. The van der Waals surface area contributed by atoms with Crippen molar-refractivity contribution in [1.82, 2.24) is 0 Å². The average Bonchev–Trinajstić information content (AvgIpc) is 3.01. The van der Waals surface area contributed by atoms with Gasteiger partial charge in [-0.05, 0) is 31.8 Å². The fraction of sp³-hybridized carbons (Fsp3) is 0.846. The Morgan fingerprint density at radius 3 is 2.36 bits per heavy atom. The van der Waals surface area contributed by atoms with E-state index in [1.807, 2.05) is 0 Å². The summed E-state index contributed by atoms with van der Waals surface area (Å²) in [4.78, 5) is 0. The molecule has 2 aliphatic carbocycles. The molecular weight excluding hydrogens is 325 g/mol. The van der Waals surface area contributed by atoms with Crippen molar-refractivity contribution in [3.8, 4) is 0 Å². The zero-order valence-corrected chi connectivity index (χ0v) is 12.6. The number of ether oxygens (including phenoxy) is 2. The lowest BCUT2D eigenvalue weighted by molar-refractivity contribution is -0.249. The first kappa shape index (κ1) is 16.1. The molecule has 0 radical (unpaired) electrons. The molecule has 0 aromatic heterocycles. The highest BCUT2D eigenvalue weighted by Crippen LogP contribution is 2.59. The van der Waals surface area contributed by atoms with Gasteiger partial charge in [-0.2, -0.15) is 21.6 Å². The van der Waals surface area contributed by atoms with Crippen LogP contribution in [0.3, 0.4) is 0 Å². The average molecular weight is 342 g/mol. The first-order valence-corrected chi connectivity index (χ1v) is 8.63. The van der Waals surface area contributed by atoms with Crippen molar-refractivity contribution in [2.75, 3.05) is 13.2 Å². The van der Waals surface area contributed by atoms with Crippen LogP contribution in [-0.2, 0) is 23.8 Å². The monoisotopic (exact) mass is 342 g/mol. The van der Waals surface area contributed by atoms with Crippen LogP contribution in [0.2, 0.25) is 0 Å². The van der Waals surface area contributed by atoms with E-state index >= 15 is 0 Å². The van der Waals surface area contributed by atoms with E-state index in [9.17, 15) is 21.6 Å². The van der Waals surface area contributed by atoms with Gasteiger partial charge in [-0.25, -0.2) is 0 Å². The van der Waals surface area contributed by atoms with Crippen molar-refractivity contribution >= 4 is 10.1 Å². The predicted molar refractivity (Wildman–Crippen MR) is 68.9 cm³/mol. The Morgan fingerprint density at radius 2 is 1.73 bits per heavy atom. The van der Waals surface area contributed by atoms with Crippen LogP contribution in [0.25, 0.3) is 0 Å². The number of alkyl halides is 3. The number of hydrogen-bond acceptors (Lipinski definition) is 5. The maximum atomic E-state index is 12.6. The Labute approximate surface area is 126 Å². The molecule has 1 saturated carbocycles. The van der Waals surface area contributed by atoms with Gasteiger partial charge in [0.1, 0.15) is 5.76 Å². The Kier molecular flexibility index (Phi) is 3.73. The second-order valence-corrected chi connectivity index (χ2v) is 7.37. The molecule has 5 nitrogen and oxygen atoms in total. The van der Waals surface area contributed by atoms with Crippen molar-refractivity contribution in [3.63, 3.8) is 0 Å². The normalized spacial score (nSPS) is 31.7. The van der Waals surface area contributed by atoms with Gasteiger partial charge in [0.2, 0.25) is 0 Å². The third-order valence-corrected chi connectivity index (χ3v) is 5.66. The van der Waals surface area contributed by atoms with Crippen LogP contribution in [0.4, 0.5) is 13.2 Å². The van der Waals surface area contributed by atoms with E-state index < -0.39 is 26.8 Å². The SMILES string of the molecule is O=S(=O)(OC1=CCC[C@@]12CCCCC21OCCO1)C(F)(F)F. The van der Waals surface area contributed by atoms with Crippen LogP contribution in [-0.4, -0.2) is 32.9 Å². The summed E-state index contributed by atoms with van der Waals surface area (Å²) in [7, 11) is -5.68. The molecule has 0 bridgehead atoms. The molecular formula is C13H17F3O5S. The minimum atomic E-state index is -5.68. The minimum absolute atomic E-state index is 0.175. The quantitative estimate of drug-likeness (QED) is 0.570. The summed E-state index contributed by atoms with van der Waals surface area (Å²) < 4.78 is 76.5. The van der Waals surface area contributed by atoms with E-state index in [0.717, 1.165) is 12.8 Å². The van der Waals surface area contributed by atoms with Gasteiger partial charge in [-0.1, -0.05) is 6.42 Å². The summed E-state index contributed by atoms with van der Waals surface area (Å²) in [6.45, 7) is 0.697. The van der Waals surface area contributed by atoms with Gasteiger partial charge in [0.15, 0.2) is 5.79 Å². The van der Waals surface area contributed by atoms with Crippen molar-refractivity contribution in [2.24, 2.45) is 5.41 Å². The summed E-state index contributed by atoms with van der Waals surface area (Å²) in [6, 6.07) is 0. The fourth-order valence-corrected chi connectivity index (χ4v) is 4.32. The largest absolute Gasteiger partial charge is 0.534 e. The molecule has 1 aliphatic heterocycles. The van der Waals surface area contributed by atoms with Gasteiger partial charge in [0.05, 0.1) is 18.6 Å². The maximum absolute atomic E-state index is 12.6. The third kappa shape index (κ3) is 2.25. The van der Waals surface area contributed by atoms with Crippen molar-refractivity contribution in [3.05, 3.63) is 11.8 Å². The van der Waals surface area contributed by atoms with Crippen LogP contribution in [0.15, 0.2) is 11.8 Å². The zero-order valence-electron chi connectivity index (χ0n) is 11.8. The molecule has 0 amide bonds. The van der Waals surface area contributed by atoms with Gasteiger partial charge >= 0.3 is 15.6 Å². The molecule has 2 fully saturated rings. The smallest absolute Gasteiger partial charge is 0.380 e. The van der Waals surface area contributed by atoms with E-state index in [0.29, 0.717) is 38.9 Å². The summed E-state index contributed by atoms with van der Waals surface area (Å²) in [6.07, 6.45) is 4.93. The van der Waals surface area contributed by atoms with E-state index in [1.165, 1.54) is 6.08 Å². The second-order valence-electron chi connectivity index (χ2n) is 5.83. The summed E-state index contributed by atoms with van der Waals surface area (Å²) in [5.74, 6) is -1.24. The standard InChI is InChI=1S/C13H17F3O5S/c14-13(15,16)22(17,18)21-10-4-3-6-11(10)5-1-2-7-12(11)19-8-9-20-12/h4H,1-3,5-9H2/t11-/m0/s1. The second kappa shape index (κ2) is 5.10. The molecule has 1 atom stereocenters. The van der Waals surface area contributed by atoms with Gasteiger partial charge in [0.25, 0.3) is 0 Å². The highest BCUT2D eigenvalue weighted by atomic mass is 32.2. The molecule has 0 N–H and O–H groups in total. The van der Waals surface area contributed by atoms with Crippen LogP contribution in [0, 0.1) is 5.41 Å². The van der Waals surface area contributed by atoms with Crippen LogP contribution in [0.1, 0.15) is 38.5 Å². The van der Waals surface area contributed by atoms with Crippen LogP contribution in [0.5, 0.6) is 0 Å². The predicted octanol–water partition coefficient (Wildman–Crippen LogP) is 2.83. The fourth-order valence-electron chi connectivity index (χ4n) is 3.76. The Balaban J connectivity index is 1.95. The molecule has 0 unspecified atom stereocenters. The van der Waals surface area contributed by atoms with Gasteiger partial charge in [0, 0.05) is 6.42 Å². The Hall–Kier alpha value is -0.800. The van der Waals surface area contributed by atoms with E-state index in [2.05, 4.69) is 4.18 Å². The third-order valence-electron chi connectivity index (χ3n) is 4.70. The highest BCUT2D eigenvalue weighted by Gasteiger charge is 2.63. The maximum Gasteiger partial charge on any atom is 0.534 e. The molecule has 1 saturated heterocycles. The van der Waals surface area contributed by atoms with Gasteiger partial charge in [-0.15, -0.1) is 0 Å². The number of halogens is 3. The highest BCUT2D eigenvalue weighted by molar-refractivity contribution is 7.87. The Morgan fingerprint density at radius 1 is 1.09 bits per heavy atom. The molecule has 2 spiro atoms. The van der Waals surface area contributed by atoms with Gasteiger partial charge in [-0.3, -0.25) is 0 Å². The van der Waals surface area contributed by atoms with Crippen molar-refractivity contribution in [2.45, 2.75) is 49.8 Å². The lowest BCUT2D eigenvalue weighted by Crippen LogP contribution is -2.52. The van der Waals surface area contributed by atoms with E-state index in [-0.39, 0.29) is 5.76 Å². The topological polar surface area (TPSA) is 61.8 Å². The van der Waals surface area contributed by atoms with Crippen LogP contribution < -0.4 is 0 Å². The number of fused-ring (bicyclic) bond motifs is 1. The molecule has 0 aromatic carbocycles. The molecule has 126 valence electrons. The van der Waals surface area contributed by atoms with Crippen LogP contribution >= 0.6 is 0 Å². The summed E-state index contributed by atoms with van der Waals surface area (Å²) in [5, 5.41) is 0. The Bertz CT molecular complexity index is 577. The lowest BCUT2D eigenvalue weighted by Gasteiger charge is -2.48. The van der Waals surface area contributed by atoms with Gasteiger partial charge < -0.3 is 13.7 Å². The molecule has 3 aliphatic rings. The number of hydrogen-bond donors (Lipinski definition) is 0. The van der Waals surface area contributed by atoms with Crippen molar-refractivity contribution in [1.29, 1.82) is 0 Å². The molecule has 22 heavy (non-hydrogen) atoms. The van der Waals surface area contributed by atoms with Crippen molar-refractivity contribution < 1.29 is 35.2 Å². The number of allylic oxidation sites excluding steroid dienone is 1. The van der Waals surface area contributed by atoms with E-state index in [1.54, 1.807) is 0 Å². The first-order chi connectivity index (χ1) is 10.2. The number of rotatable bonds is 2. The summed E-state index contributed by atoms with van der Waals surface area (Å²) in [5.41, 5.74) is -6.39. The zero-order chi connectivity index (χ0) is 16.1. The van der Waals surface area contributed by atoms with E-state index in [4.69, 9.17) is 9.47 Å². The first-order valence-electron chi connectivity index (χ1n) is 7.22. The summed E-state index contributed by atoms with van der Waals surface area (Å²) >= 11 is 0. The molecule has 0 aromatic rings. The molecule has 3 rings (SSSR count). The molecule has 9 heteroatoms. The lowest BCUT2D eigenvalue weighted by atomic mass is 9.67. The molecule has 1 heterocycles.